The standard InChI is InChI=1S/C19H21N3O3/c23-16-9-6-11-20-15(16)13-21-19(25)18(14-7-2-1-3-8-14)22-12-5-4-10-17(22)24/h1-3,6-9,11,18,23H,4-5,10,12-13H2,(H,21,25). The van der Waals surface area contributed by atoms with Crippen molar-refractivity contribution < 1.29 is 14.7 Å². The van der Waals surface area contributed by atoms with Crippen LogP contribution in [-0.4, -0.2) is 33.3 Å². The number of nitrogens with one attached hydrogen (secondary N) is 1. The third kappa shape index (κ3) is 3.96. The first-order valence-corrected chi connectivity index (χ1v) is 8.42. The van der Waals surface area contributed by atoms with Crippen molar-refractivity contribution in [1.29, 1.82) is 0 Å². The average molecular weight is 339 g/mol. The molecule has 6 heteroatoms. The highest BCUT2D eigenvalue weighted by Gasteiger charge is 2.32. The molecule has 1 aliphatic rings. The van der Waals surface area contributed by atoms with E-state index >= 15 is 0 Å². The summed E-state index contributed by atoms with van der Waals surface area (Å²) in [5, 5.41) is 12.6. The maximum absolute atomic E-state index is 12.9. The molecule has 3 rings (SSSR count). The minimum atomic E-state index is -0.667. The van der Waals surface area contributed by atoms with Crippen molar-refractivity contribution in [3.8, 4) is 5.75 Å². The summed E-state index contributed by atoms with van der Waals surface area (Å²) in [4.78, 5) is 30.9. The van der Waals surface area contributed by atoms with Gasteiger partial charge >= 0.3 is 0 Å². The van der Waals surface area contributed by atoms with Crippen molar-refractivity contribution in [3.63, 3.8) is 0 Å². The van der Waals surface area contributed by atoms with E-state index in [9.17, 15) is 14.7 Å². The zero-order chi connectivity index (χ0) is 17.6. The van der Waals surface area contributed by atoms with Gasteiger partial charge in [-0.3, -0.25) is 14.6 Å². The molecule has 1 unspecified atom stereocenters. The monoisotopic (exact) mass is 339 g/mol. The number of benzene rings is 1. The molecule has 1 atom stereocenters. The van der Waals surface area contributed by atoms with E-state index in [1.807, 2.05) is 30.3 Å². The topological polar surface area (TPSA) is 82.5 Å². The molecule has 25 heavy (non-hydrogen) atoms. The minimum absolute atomic E-state index is 0.00376. The summed E-state index contributed by atoms with van der Waals surface area (Å²) >= 11 is 0. The molecule has 0 spiro atoms. The molecular formula is C19H21N3O3. The van der Waals surface area contributed by atoms with Crippen molar-refractivity contribution in [2.45, 2.75) is 31.8 Å². The Morgan fingerprint density at radius 1 is 1.20 bits per heavy atom. The molecular weight excluding hydrogens is 318 g/mol. The molecule has 2 aromatic rings. The van der Waals surface area contributed by atoms with Gasteiger partial charge in [0.25, 0.3) is 0 Å². The highest BCUT2D eigenvalue weighted by Crippen LogP contribution is 2.26. The summed E-state index contributed by atoms with van der Waals surface area (Å²) in [5.74, 6) is -0.240. The molecule has 0 radical (unpaired) electrons. The molecule has 1 aromatic heterocycles. The van der Waals surface area contributed by atoms with Gasteiger partial charge in [-0.1, -0.05) is 30.3 Å². The van der Waals surface area contributed by atoms with E-state index in [0.717, 1.165) is 18.4 Å². The Hall–Kier alpha value is -2.89. The number of amides is 2. The number of carbonyl (C=O) groups is 2. The lowest BCUT2D eigenvalue weighted by Gasteiger charge is -2.34. The first-order chi connectivity index (χ1) is 12.2. The van der Waals surface area contributed by atoms with Gasteiger partial charge in [-0.15, -0.1) is 0 Å². The van der Waals surface area contributed by atoms with E-state index in [-0.39, 0.29) is 24.1 Å². The number of hydrogen-bond acceptors (Lipinski definition) is 4. The normalized spacial score (nSPS) is 15.7. The molecule has 2 amide bonds. The summed E-state index contributed by atoms with van der Waals surface area (Å²) in [7, 11) is 0. The van der Waals surface area contributed by atoms with Crippen LogP contribution in [-0.2, 0) is 16.1 Å². The fourth-order valence-corrected chi connectivity index (χ4v) is 3.04. The smallest absolute Gasteiger partial charge is 0.247 e. The first kappa shape index (κ1) is 17.0. The van der Waals surface area contributed by atoms with Gasteiger partial charge in [-0.25, -0.2) is 0 Å². The van der Waals surface area contributed by atoms with E-state index in [0.29, 0.717) is 18.7 Å². The van der Waals surface area contributed by atoms with Crippen molar-refractivity contribution in [3.05, 3.63) is 59.9 Å². The second-order valence-electron chi connectivity index (χ2n) is 6.04. The van der Waals surface area contributed by atoms with Crippen LogP contribution in [0.4, 0.5) is 0 Å². The van der Waals surface area contributed by atoms with Gasteiger partial charge < -0.3 is 15.3 Å². The van der Waals surface area contributed by atoms with E-state index in [1.54, 1.807) is 17.2 Å². The van der Waals surface area contributed by atoms with Gasteiger partial charge in [0.1, 0.15) is 17.5 Å². The van der Waals surface area contributed by atoms with Gasteiger partial charge in [0, 0.05) is 19.2 Å². The Bertz CT molecular complexity index is 749. The number of piperidine rings is 1. The third-order valence-corrected chi connectivity index (χ3v) is 4.33. The maximum Gasteiger partial charge on any atom is 0.247 e. The minimum Gasteiger partial charge on any atom is -0.506 e. The lowest BCUT2D eigenvalue weighted by molar-refractivity contribution is -0.142. The molecule has 1 aliphatic heterocycles. The van der Waals surface area contributed by atoms with Crippen molar-refractivity contribution in [1.82, 2.24) is 15.2 Å². The Balaban J connectivity index is 1.80. The van der Waals surface area contributed by atoms with E-state index in [2.05, 4.69) is 10.3 Å². The number of likely N-dealkylation sites (tertiary alicyclic amines) is 1. The lowest BCUT2D eigenvalue weighted by Crippen LogP contribution is -2.45. The Morgan fingerprint density at radius 3 is 2.72 bits per heavy atom. The predicted molar refractivity (Wildman–Crippen MR) is 92.5 cm³/mol. The van der Waals surface area contributed by atoms with E-state index < -0.39 is 6.04 Å². The SMILES string of the molecule is O=C(NCc1ncccc1O)C(c1ccccc1)N1CCCCC1=O. The lowest BCUT2D eigenvalue weighted by atomic mass is 10.0. The van der Waals surface area contributed by atoms with Crippen LogP contribution in [0.1, 0.15) is 36.6 Å². The van der Waals surface area contributed by atoms with Gasteiger partial charge in [-0.05, 0) is 30.5 Å². The quantitative estimate of drug-likeness (QED) is 0.874. The van der Waals surface area contributed by atoms with Crippen LogP contribution >= 0.6 is 0 Å². The molecule has 130 valence electrons. The van der Waals surface area contributed by atoms with Crippen LogP contribution in [0, 0.1) is 0 Å². The summed E-state index contributed by atoms with van der Waals surface area (Å²) in [5.41, 5.74) is 1.17. The van der Waals surface area contributed by atoms with Crippen molar-refractivity contribution in [2.75, 3.05) is 6.54 Å². The summed E-state index contributed by atoms with van der Waals surface area (Å²) in [6.45, 7) is 0.678. The summed E-state index contributed by atoms with van der Waals surface area (Å²) in [6, 6.07) is 11.8. The molecule has 0 saturated carbocycles. The zero-order valence-electron chi connectivity index (χ0n) is 13.9. The predicted octanol–water partition coefficient (Wildman–Crippen LogP) is 2.16. The molecule has 0 bridgehead atoms. The van der Waals surface area contributed by atoms with Gasteiger partial charge in [0.15, 0.2) is 0 Å². The van der Waals surface area contributed by atoms with Crippen LogP contribution < -0.4 is 5.32 Å². The summed E-state index contributed by atoms with van der Waals surface area (Å²) < 4.78 is 0. The van der Waals surface area contributed by atoms with Gasteiger partial charge in [0.05, 0.1) is 6.54 Å². The molecule has 0 aliphatic carbocycles. The number of nitrogens with zero attached hydrogens (tertiary/aromatic N) is 2. The highest BCUT2D eigenvalue weighted by atomic mass is 16.3. The molecule has 1 saturated heterocycles. The molecule has 1 fully saturated rings. The number of rotatable bonds is 5. The second-order valence-corrected chi connectivity index (χ2v) is 6.04. The van der Waals surface area contributed by atoms with E-state index in [1.165, 1.54) is 6.07 Å². The van der Waals surface area contributed by atoms with Crippen LogP contribution in [0.3, 0.4) is 0 Å². The number of aromatic nitrogens is 1. The van der Waals surface area contributed by atoms with Gasteiger partial charge in [-0.2, -0.15) is 0 Å². The van der Waals surface area contributed by atoms with Crippen molar-refractivity contribution >= 4 is 11.8 Å². The zero-order valence-corrected chi connectivity index (χ0v) is 13.9. The molecule has 2 N–H and O–H groups in total. The number of pyridine rings is 1. The first-order valence-electron chi connectivity index (χ1n) is 8.42. The van der Waals surface area contributed by atoms with Crippen molar-refractivity contribution in [2.24, 2.45) is 0 Å². The molecule has 6 nitrogen and oxygen atoms in total. The second kappa shape index (κ2) is 7.79. The fraction of sp³-hybridized carbons (Fsp3) is 0.316. The maximum atomic E-state index is 12.9. The number of hydrogen-bond donors (Lipinski definition) is 2. The Labute approximate surface area is 146 Å². The average Bonchev–Trinajstić information content (AvgIpc) is 2.64. The Morgan fingerprint density at radius 2 is 2.00 bits per heavy atom. The van der Waals surface area contributed by atoms with E-state index in [4.69, 9.17) is 0 Å². The number of aromatic hydroxyl groups is 1. The summed E-state index contributed by atoms with van der Waals surface area (Å²) in [6.07, 6.45) is 3.78. The third-order valence-electron chi connectivity index (χ3n) is 4.33. The largest absolute Gasteiger partial charge is 0.506 e. The fourth-order valence-electron chi connectivity index (χ4n) is 3.04. The van der Waals surface area contributed by atoms with Gasteiger partial charge in [0.2, 0.25) is 11.8 Å². The van der Waals surface area contributed by atoms with Crippen LogP contribution in [0.15, 0.2) is 48.7 Å². The molecule has 2 heterocycles. The van der Waals surface area contributed by atoms with Crippen LogP contribution in [0.5, 0.6) is 5.75 Å². The van der Waals surface area contributed by atoms with Crippen LogP contribution in [0.2, 0.25) is 0 Å². The number of carbonyl (C=O) groups excluding carboxylic acids is 2. The Kier molecular flexibility index (Phi) is 5.28. The molecule has 1 aromatic carbocycles. The highest BCUT2D eigenvalue weighted by molar-refractivity contribution is 5.89. The van der Waals surface area contributed by atoms with Crippen LogP contribution in [0.25, 0.3) is 0 Å².